The first-order valence-electron chi connectivity index (χ1n) is 6.82. The molecule has 1 spiro atoms. The summed E-state index contributed by atoms with van der Waals surface area (Å²) in [5.41, 5.74) is 5.68. The third-order valence-electron chi connectivity index (χ3n) is 4.90. The topological polar surface area (TPSA) is 12.4 Å². The van der Waals surface area contributed by atoms with Crippen molar-refractivity contribution in [2.45, 2.75) is 52.9 Å². The van der Waals surface area contributed by atoms with E-state index in [9.17, 15) is 0 Å². The molecule has 2 aliphatic carbocycles. The van der Waals surface area contributed by atoms with Crippen LogP contribution in [0.5, 0.6) is 0 Å². The summed E-state index contributed by atoms with van der Waals surface area (Å²) in [5, 5.41) is 0. The van der Waals surface area contributed by atoms with Crippen LogP contribution in [0.2, 0.25) is 0 Å². The summed E-state index contributed by atoms with van der Waals surface area (Å²) in [6.45, 7) is 8.01. The Labute approximate surface area is 99.0 Å². The molecule has 1 heterocycles. The number of allylic oxidation sites excluding steroid dienone is 2. The van der Waals surface area contributed by atoms with Crippen LogP contribution < -0.4 is 0 Å². The molecule has 16 heavy (non-hydrogen) atoms. The van der Waals surface area contributed by atoms with E-state index in [0.717, 1.165) is 23.8 Å². The van der Waals surface area contributed by atoms with Gasteiger partial charge >= 0.3 is 0 Å². The van der Waals surface area contributed by atoms with Crippen LogP contribution in [-0.2, 0) is 0 Å². The normalized spacial score (nSPS) is 29.7. The van der Waals surface area contributed by atoms with Crippen molar-refractivity contribution in [3.8, 4) is 0 Å². The van der Waals surface area contributed by atoms with Gasteiger partial charge in [0.2, 0.25) is 0 Å². The monoisotopic (exact) mass is 217 g/mol. The molecule has 0 saturated heterocycles. The highest BCUT2D eigenvalue weighted by Crippen LogP contribution is 2.73. The summed E-state index contributed by atoms with van der Waals surface area (Å²) in [5.74, 6) is 1.72. The molecule has 2 saturated carbocycles. The maximum absolute atomic E-state index is 4.33. The Kier molecular flexibility index (Phi) is 2.28. The van der Waals surface area contributed by atoms with Crippen LogP contribution in [0.1, 0.15) is 52.9 Å². The number of nitrogens with zero attached hydrogens (tertiary/aromatic N) is 1. The summed E-state index contributed by atoms with van der Waals surface area (Å²) < 4.78 is 0. The van der Waals surface area contributed by atoms with E-state index < -0.39 is 0 Å². The first kappa shape index (κ1) is 10.6. The van der Waals surface area contributed by atoms with Crippen molar-refractivity contribution in [1.82, 2.24) is 0 Å². The summed E-state index contributed by atoms with van der Waals surface area (Å²) in [6.07, 6.45) is 7.18. The number of hydrogen-bond acceptors (Lipinski definition) is 1. The van der Waals surface area contributed by atoms with Crippen molar-refractivity contribution >= 4 is 5.71 Å². The summed E-state index contributed by atoms with van der Waals surface area (Å²) in [7, 11) is 0. The Bertz CT molecular complexity index is 367. The van der Waals surface area contributed by atoms with Crippen LogP contribution in [0.25, 0.3) is 0 Å². The molecule has 2 fully saturated rings. The average Bonchev–Trinajstić information content (AvgIpc) is 3.05. The van der Waals surface area contributed by atoms with Gasteiger partial charge in [-0.25, -0.2) is 0 Å². The van der Waals surface area contributed by atoms with Crippen LogP contribution in [0.4, 0.5) is 0 Å². The van der Waals surface area contributed by atoms with Gasteiger partial charge in [-0.1, -0.05) is 18.1 Å². The first-order chi connectivity index (χ1) is 7.62. The fraction of sp³-hybridized carbons (Fsp3) is 0.800. The molecule has 0 amide bonds. The second-order valence-corrected chi connectivity index (χ2v) is 6.39. The minimum atomic E-state index is 0.739. The van der Waals surface area contributed by atoms with Crippen LogP contribution in [-0.4, -0.2) is 12.3 Å². The van der Waals surface area contributed by atoms with Crippen molar-refractivity contribution in [2.24, 2.45) is 22.2 Å². The minimum absolute atomic E-state index is 0.739. The average molecular weight is 217 g/mol. The molecule has 0 aromatic carbocycles. The molecule has 0 radical (unpaired) electrons. The van der Waals surface area contributed by atoms with Gasteiger partial charge in [-0.15, -0.1) is 0 Å². The zero-order valence-corrected chi connectivity index (χ0v) is 10.8. The van der Waals surface area contributed by atoms with Crippen LogP contribution in [0.3, 0.4) is 0 Å². The van der Waals surface area contributed by atoms with Gasteiger partial charge in [0.05, 0.1) is 6.54 Å². The molecule has 3 aliphatic rings. The Hall–Kier alpha value is -0.590. The second kappa shape index (κ2) is 3.45. The van der Waals surface area contributed by atoms with Gasteiger partial charge < -0.3 is 0 Å². The van der Waals surface area contributed by atoms with Crippen molar-refractivity contribution in [3.63, 3.8) is 0 Å². The Balaban J connectivity index is 1.58. The Morgan fingerprint density at radius 3 is 2.56 bits per heavy atom. The van der Waals surface area contributed by atoms with Gasteiger partial charge in [0, 0.05) is 5.71 Å². The molecule has 1 heteroatoms. The Morgan fingerprint density at radius 2 is 2.12 bits per heavy atom. The van der Waals surface area contributed by atoms with Crippen LogP contribution in [0, 0.1) is 17.3 Å². The molecule has 1 nitrogen and oxygen atoms in total. The van der Waals surface area contributed by atoms with E-state index in [0.29, 0.717) is 0 Å². The number of hydrogen-bond donors (Lipinski definition) is 0. The fourth-order valence-electron chi connectivity index (χ4n) is 3.22. The lowest BCUT2D eigenvalue weighted by atomic mass is 9.93. The molecule has 1 aliphatic heterocycles. The zero-order chi connectivity index (χ0) is 11.3. The van der Waals surface area contributed by atoms with Gasteiger partial charge in [0.1, 0.15) is 0 Å². The lowest BCUT2D eigenvalue weighted by Crippen LogP contribution is -2.04. The summed E-state index contributed by atoms with van der Waals surface area (Å²) in [6, 6.07) is 0. The fourth-order valence-corrected chi connectivity index (χ4v) is 3.22. The van der Waals surface area contributed by atoms with Gasteiger partial charge in [0.25, 0.3) is 0 Å². The number of aliphatic imine (C=N–C) groups is 1. The molecule has 0 aromatic rings. The summed E-state index contributed by atoms with van der Waals surface area (Å²) in [4.78, 5) is 4.33. The van der Waals surface area contributed by atoms with E-state index in [1.807, 2.05) is 0 Å². The van der Waals surface area contributed by atoms with Crippen LogP contribution >= 0.6 is 0 Å². The molecule has 0 N–H and O–H groups in total. The highest BCUT2D eigenvalue weighted by atomic mass is 14.9. The van der Waals surface area contributed by atoms with Crippen molar-refractivity contribution in [2.75, 3.05) is 6.54 Å². The van der Waals surface area contributed by atoms with Gasteiger partial charge in [-0.2, -0.15) is 0 Å². The Morgan fingerprint density at radius 1 is 1.44 bits per heavy atom. The molecule has 3 rings (SSSR count). The zero-order valence-electron chi connectivity index (χ0n) is 10.8. The van der Waals surface area contributed by atoms with Gasteiger partial charge in [0.15, 0.2) is 0 Å². The molecule has 2 unspecified atom stereocenters. The maximum atomic E-state index is 4.33. The predicted octanol–water partition coefficient (Wildman–Crippen LogP) is 3.99. The third-order valence-corrected chi connectivity index (χ3v) is 4.90. The van der Waals surface area contributed by atoms with E-state index in [2.05, 4.69) is 25.8 Å². The molecular formula is C15H23N. The molecular weight excluding hydrogens is 194 g/mol. The third kappa shape index (κ3) is 1.85. The quantitative estimate of drug-likeness (QED) is 0.617. The minimum Gasteiger partial charge on any atom is -0.286 e. The van der Waals surface area contributed by atoms with E-state index in [1.165, 1.54) is 37.8 Å². The second-order valence-electron chi connectivity index (χ2n) is 6.39. The lowest BCUT2D eigenvalue weighted by Gasteiger charge is -2.12. The first-order valence-corrected chi connectivity index (χ1v) is 6.82. The molecule has 2 atom stereocenters. The van der Waals surface area contributed by atoms with E-state index in [1.54, 1.807) is 11.1 Å². The molecule has 0 bridgehead atoms. The maximum Gasteiger partial charge on any atom is 0.0771 e. The predicted molar refractivity (Wildman–Crippen MR) is 68.8 cm³/mol. The SMILES string of the molecule is CC(C)=C(CCC(C)C1=NC1)C1CC12CC2. The standard InChI is InChI=1S/C15H23N/c1-10(2)12(13-8-15(13)6-7-15)5-4-11(3)14-9-16-14/h11,13H,4-9H2,1-3H3. The highest BCUT2D eigenvalue weighted by Gasteiger charge is 2.63. The van der Waals surface area contributed by atoms with Crippen molar-refractivity contribution in [3.05, 3.63) is 11.1 Å². The summed E-state index contributed by atoms with van der Waals surface area (Å²) >= 11 is 0. The lowest BCUT2D eigenvalue weighted by molar-refractivity contribution is 0.642. The molecule has 0 aromatic heterocycles. The van der Waals surface area contributed by atoms with Crippen molar-refractivity contribution in [1.29, 1.82) is 0 Å². The van der Waals surface area contributed by atoms with Crippen molar-refractivity contribution < 1.29 is 0 Å². The van der Waals surface area contributed by atoms with Gasteiger partial charge in [-0.05, 0) is 63.2 Å². The largest absolute Gasteiger partial charge is 0.286 e. The van der Waals surface area contributed by atoms with E-state index in [-0.39, 0.29) is 0 Å². The molecule has 88 valence electrons. The number of rotatable bonds is 5. The van der Waals surface area contributed by atoms with Crippen LogP contribution in [0.15, 0.2) is 16.1 Å². The van der Waals surface area contributed by atoms with E-state index in [4.69, 9.17) is 0 Å². The smallest absolute Gasteiger partial charge is 0.0771 e. The van der Waals surface area contributed by atoms with Gasteiger partial charge in [-0.3, -0.25) is 4.99 Å². The van der Waals surface area contributed by atoms with E-state index >= 15 is 0 Å². The highest BCUT2D eigenvalue weighted by molar-refractivity contribution is 5.98.